The largest absolute Gasteiger partial charge is 0.337 e. The molecule has 0 radical (unpaired) electrons. The van der Waals surface area contributed by atoms with E-state index in [0.717, 1.165) is 4.90 Å². The zero-order valence-electron chi connectivity index (χ0n) is 15.8. The summed E-state index contributed by atoms with van der Waals surface area (Å²) in [4.78, 5) is 62.7. The average Bonchev–Trinajstić information content (AvgIpc) is 3.03. The molecule has 0 saturated carbocycles. The van der Waals surface area contributed by atoms with E-state index in [9.17, 15) is 19.2 Å². The van der Waals surface area contributed by atoms with Gasteiger partial charge in [-0.3, -0.25) is 29.1 Å². The lowest BCUT2D eigenvalue weighted by Gasteiger charge is -2.36. The number of amides is 4. The number of hydrogen-bond acceptors (Lipinski definition) is 6. The minimum absolute atomic E-state index is 0.237. The van der Waals surface area contributed by atoms with E-state index in [4.69, 9.17) is 0 Å². The molecule has 9 nitrogen and oxygen atoms in total. The van der Waals surface area contributed by atoms with Gasteiger partial charge in [0.05, 0.1) is 17.3 Å². The second-order valence-corrected chi connectivity index (χ2v) is 6.91. The van der Waals surface area contributed by atoms with Gasteiger partial charge in [0.1, 0.15) is 11.7 Å². The zero-order valence-corrected chi connectivity index (χ0v) is 15.8. The first kappa shape index (κ1) is 18.7. The minimum Gasteiger partial charge on any atom is -0.337 e. The molecule has 2 aliphatic rings. The lowest BCUT2D eigenvalue weighted by atomic mass is 10.1. The van der Waals surface area contributed by atoms with Gasteiger partial charge in [-0.2, -0.15) is 0 Å². The zero-order chi connectivity index (χ0) is 20.5. The average molecular weight is 393 g/mol. The van der Waals surface area contributed by atoms with E-state index in [2.05, 4.69) is 9.97 Å². The summed E-state index contributed by atoms with van der Waals surface area (Å²) >= 11 is 0. The Balaban J connectivity index is 1.41. The van der Waals surface area contributed by atoms with Crippen molar-refractivity contribution in [1.82, 2.24) is 24.7 Å². The number of imide groups is 1. The molecule has 4 amide bonds. The van der Waals surface area contributed by atoms with Crippen molar-refractivity contribution in [2.45, 2.75) is 13.0 Å². The molecule has 1 fully saturated rings. The number of carbonyl (C=O) groups excluding carboxylic acids is 4. The molecule has 1 unspecified atom stereocenters. The molecule has 9 heteroatoms. The highest BCUT2D eigenvalue weighted by Crippen LogP contribution is 2.25. The van der Waals surface area contributed by atoms with Gasteiger partial charge in [-0.15, -0.1) is 0 Å². The number of hydrogen-bond donors (Lipinski definition) is 0. The molecule has 1 aromatic carbocycles. The number of piperazine rings is 1. The van der Waals surface area contributed by atoms with Crippen molar-refractivity contribution in [2.24, 2.45) is 0 Å². The van der Waals surface area contributed by atoms with Crippen molar-refractivity contribution < 1.29 is 19.2 Å². The fraction of sp³-hybridized carbons (Fsp3) is 0.300. The summed E-state index contributed by atoms with van der Waals surface area (Å²) < 4.78 is 0. The van der Waals surface area contributed by atoms with Crippen LogP contribution in [0.15, 0.2) is 42.9 Å². The quantitative estimate of drug-likeness (QED) is 0.701. The van der Waals surface area contributed by atoms with Crippen LogP contribution in [-0.2, 0) is 4.79 Å². The smallest absolute Gasteiger partial charge is 0.274 e. The van der Waals surface area contributed by atoms with Crippen LogP contribution in [-0.4, -0.2) is 80.5 Å². The predicted molar refractivity (Wildman–Crippen MR) is 101 cm³/mol. The van der Waals surface area contributed by atoms with Gasteiger partial charge < -0.3 is 9.80 Å². The van der Waals surface area contributed by atoms with Crippen molar-refractivity contribution >= 4 is 23.6 Å². The molecule has 0 bridgehead atoms. The number of aromatic nitrogens is 2. The second kappa shape index (κ2) is 7.42. The van der Waals surface area contributed by atoms with Crippen LogP contribution in [0.25, 0.3) is 0 Å². The van der Waals surface area contributed by atoms with Gasteiger partial charge in [-0.05, 0) is 19.1 Å². The monoisotopic (exact) mass is 393 g/mol. The van der Waals surface area contributed by atoms with Crippen LogP contribution in [0.4, 0.5) is 0 Å². The molecule has 0 spiro atoms. The molecule has 29 heavy (non-hydrogen) atoms. The molecule has 0 N–H and O–H groups in total. The molecule has 148 valence electrons. The van der Waals surface area contributed by atoms with E-state index >= 15 is 0 Å². The van der Waals surface area contributed by atoms with Crippen molar-refractivity contribution in [3.8, 4) is 0 Å². The summed E-state index contributed by atoms with van der Waals surface area (Å²) in [6.07, 6.45) is 4.36. The van der Waals surface area contributed by atoms with Crippen LogP contribution in [0.5, 0.6) is 0 Å². The molecular weight excluding hydrogens is 374 g/mol. The second-order valence-electron chi connectivity index (χ2n) is 6.91. The van der Waals surface area contributed by atoms with Gasteiger partial charge in [0.25, 0.3) is 17.7 Å². The van der Waals surface area contributed by atoms with Crippen molar-refractivity contribution in [2.75, 3.05) is 26.2 Å². The van der Waals surface area contributed by atoms with Crippen LogP contribution >= 0.6 is 0 Å². The van der Waals surface area contributed by atoms with E-state index in [1.54, 1.807) is 41.0 Å². The van der Waals surface area contributed by atoms with E-state index in [1.807, 2.05) is 0 Å². The normalized spacial score (nSPS) is 17.3. The van der Waals surface area contributed by atoms with Gasteiger partial charge in [-0.25, -0.2) is 4.98 Å². The summed E-state index contributed by atoms with van der Waals surface area (Å²) in [6.45, 7) is 2.88. The van der Waals surface area contributed by atoms with E-state index in [0.29, 0.717) is 37.3 Å². The molecule has 2 aromatic rings. The molecule has 1 saturated heterocycles. The van der Waals surface area contributed by atoms with Crippen LogP contribution in [0.3, 0.4) is 0 Å². The Labute approximate surface area is 166 Å². The number of rotatable bonds is 3. The van der Waals surface area contributed by atoms with Crippen molar-refractivity contribution in [1.29, 1.82) is 0 Å². The molecule has 1 aromatic heterocycles. The Morgan fingerprint density at radius 1 is 0.931 bits per heavy atom. The maximum atomic E-state index is 12.9. The van der Waals surface area contributed by atoms with Crippen LogP contribution < -0.4 is 0 Å². The van der Waals surface area contributed by atoms with E-state index in [1.165, 1.54) is 18.6 Å². The first-order valence-electron chi connectivity index (χ1n) is 9.30. The molecule has 3 heterocycles. The highest BCUT2D eigenvalue weighted by atomic mass is 16.2. The maximum Gasteiger partial charge on any atom is 0.274 e. The fourth-order valence-electron chi connectivity index (χ4n) is 3.64. The summed E-state index contributed by atoms with van der Waals surface area (Å²) in [7, 11) is 0. The van der Waals surface area contributed by atoms with Gasteiger partial charge in [0.15, 0.2) is 0 Å². The third-order valence-electron chi connectivity index (χ3n) is 5.23. The van der Waals surface area contributed by atoms with Gasteiger partial charge >= 0.3 is 0 Å². The maximum absolute atomic E-state index is 12.9. The van der Waals surface area contributed by atoms with Gasteiger partial charge in [0.2, 0.25) is 5.91 Å². The van der Waals surface area contributed by atoms with E-state index in [-0.39, 0.29) is 17.5 Å². The predicted octanol–water partition coefficient (Wildman–Crippen LogP) is 0.446. The number of carbonyl (C=O) groups is 4. The number of nitrogens with zero attached hydrogens (tertiary/aromatic N) is 5. The van der Waals surface area contributed by atoms with Crippen LogP contribution in [0.2, 0.25) is 0 Å². The summed E-state index contributed by atoms with van der Waals surface area (Å²) in [6, 6.07) is 5.64. The summed E-state index contributed by atoms with van der Waals surface area (Å²) in [5.74, 6) is -1.46. The SMILES string of the molecule is CC(C(=O)N1CCN(C(=O)c2cnccn2)CC1)N1C(=O)c2ccccc2C1=O. The van der Waals surface area contributed by atoms with Gasteiger partial charge in [0, 0.05) is 38.6 Å². The first-order chi connectivity index (χ1) is 14.0. The van der Waals surface area contributed by atoms with E-state index < -0.39 is 17.9 Å². The molecule has 4 rings (SSSR count). The third kappa shape index (κ3) is 3.24. The minimum atomic E-state index is -0.912. The number of fused-ring (bicyclic) bond motifs is 1. The summed E-state index contributed by atoms with van der Waals surface area (Å²) in [5.41, 5.74) is 0.889. The Kier molecular flexibility index (Phi) is 4.79. The number of benzene rings is 1. The highest BCUT2D eigenvalue weighted by Gasteiger charge is 2.42. The summed E-state index contributed by atoms with van der Waals surface area (Å²) in [5, 5.41) is 0. The highest BCUT2D eigenvalue weighted by molar-refractivity contribution is 6.22. The Bertz CT molecular complexity index is 950. The molecule has 1 atom stereocenters. The molecule has 2 aliphatic heterocycles. The Hall–Kier alpha value is -3.62. The molecule has 0 aliphatic carbocycles. The third-order valence-corrected chi connectivity index (χ3v) is 5.23. The van der Waals surface area contributed by atoms with Crippen LogP contribution in [0.1, 0.15) is 38.1 Å². The van der Waals surface area contributed by atoms with Crippen molar-refractivity contribution in [3.05, 3.63) is 59.7 Å². The first-order valence-corrected chi connectivity index (χ1v) is 9.30. The molecular formula is C20H19N5O4. The topological polar surface area (TPSA) is 104 Å². The van der Waals surface area contributed by atoms with Gasteiger partial charge in [-0.1, -0.05) is 12.1 Å². The lowest BCUT2D eigenvalue weighted by Crippen LogP contribution is -2.56. The Morgan fingerprint density at radius 2 is 1.52 bits per heavy atom. The fourth-order valence-corrected chi connectivity index (χ4v) is 3.64. The van der Waals surface area contributed by atoms with Crippen molar-refractivity contribution in [3.63, 3.8) is 0 Å². The Morgan fingerprint density at radius 3 is 2.07 bits per heavy atom. The van der Waals surface area contributed by atoms with Crippen LogP contribution in [0, 0.1) is 0 Å². The standard InChI is InChI=1S/C20H19N5O4/c1-13(25-18(27)14-4-2-3-5-15(14)19(25)28)17(26)23-8-10-24(11-9-23)20(29)16-12-21-6-7-22-16/h2-7,12-13H,8-11H2,1H3. The lowest BCUT2D eigenvalue weighted by molar-refractivity contribution is -0.136.